The molecule has 138 valence electrons. The Morgan fingerprint density at radius 3 is 2.54 bits per heavy atom. The second-order valence-corrected chi connectivity index (χ2v) is 7.52. The maximum atomic E-state index is 14.6. The third kappa shape index (κ3) is 3.92. The third-order valence-corrected chi connectivity index (χ3v) is 5.01. The standard InChI is InChI=1S/C17H17F2N3O3S/c1-5-11-8-12(6-7-13(11)18)20-17(23)16-15(19)14(9-22(16)4)26(24,25)21-10(2)3/h1,6-10,21H,2-4H3,(H,20,23). The molecule has 1 aromatic carbocycles. The number of aromatic nitrogens is 1. The summed E-state index contributed by atoms with van der Waals surface area (Å²) in [6, 6.07) is 3.09. The van der Waals surface area contributed by atoms with Crippen molar-refractivity contribution in [3.05, 3.63) is 47.3 Å². The summed E-state index contributed by atoms with van der Waals surface area (Å²) in [6.45, 7) is 3.17. The number of hydrogen-bond donors (Lipinski definition) is 2. The summed E-state index contributed by atoms with van der Waals surface area (Å²) in [5, 5.41) is 2.37. The Balaban J connectivity index is 2.38. The van der Waals surface area contributed by atoms with Crippen molar-refractivity contribution in [1.29, 1.82) is 0 Å². The van der Waals surface area contributed by atoms with Crippen LogP contribution in [0.15, 0.2) is 29.3 Å². The molecule has 2 rings (SSSR count). The molecular weight excluding hydrogens is 364 g/mol. The van der Waals surface area contributed by atoms with Crippen molar-refractivity contribution in [2.45, 2.75) is 24.8 Å². The molecule has 0 saturated carbocycles. The summed E-state index contributed by atoms with van der Waals surface area (Å²) in [5.74, 6) is -0.596. The van der Waals surface area contributed by atoms with Gasteiger partial charge in [0.25, 0.3) is 5.91 Å². The topological polar surface area (TPSA) is 80.2 Å². The van der Waals surface area contributed by atoms with Gasteiger partial charge < -0.3 is 9.88 Å². The Morgan fingerprint density at radius 2 is 1.96 bits per heavy atom. The predicted octanol–water partition coefficient (Wildman–Crippen LogP) is 2.22. The third-order valence-electron chi connectivity index (χ3n) is 3.36. The van der Waals surface area contributed by atoms with Crippen molar-refractivity contribution in [3.63, 3.8) is 0 Å². The van der Waals surface area contributed by atoms with Crippen LogP contribution in [0.25, 0.3) is 0 Å². The van der Waals surface area contributed by atoms with Crippen LogP contribution in [0.4, 0.5) is 14.5 Å². The highest BCUT2D eigenvalue weighted by molar-refractivity contribution is 7.89. The van der Waals surface area contributed by atoms with E-state index in [2.05, 4.69) is 16.0 Å². The van der Waals surface area contributed by atoms with Gasteiger partial charge in [0.2, 0.25) is 10.0 Å². The SMILES string of the molecule is C#Cc1cc(NC(=O)c2c(F)c(S(=O)(=O)NC(C)C)cn2C)ccc1F. The molecule has 6 nitrogen and oxygen atoms in total. The number of terminal acetylenes is 1. The van der Waals surface area contributed by atoms with Gasteiger partial charge in [-0.3, -0.25) is 4.79 Å². The van der Waals surface area contributed by atoms with E-state index in [1.54, 1.807) is 13.8 Å². The number of rotatable bonds is 5. The van der Waals surface area contributed by atoms with E-state index in [1.807, 2.05) is 0 Å². The molecule has 0 saturated heterocycles. The number of amides is 1. The first-order valence-electron chi connectivity index (χ1n) is 7.51. The van der Waals surface area contributed by atoms with Crippen LogP contribution in [0.3, 0.4) is 0 Å². The summed E-state index contributed by atoms with van der Waals surface area (Å²) in [7, 11) is -2.78. The highest BCUT2D eigenvalue weighted by Gasteiger charge is 2.29. The fourth-order valence-corrected chi connectivity index (χ4v) is 3.67. The zero-order chi connectivity index (χ0) is 19.6. The first-order chi connectivity index (χ1) is 12.1. The highest BCUT2D eigenvalue weighted by Crippen LogP contribution is 2.22. The van der Waals surface area contributed by atoms with E-state index in [-0.39, 0.29) is 11.3 Å². The molecule has 0 atom stereocenters. The van der Waals surface area contributed by atoms with E-state index < -0.39 is 44.2 Å². The largest absolute Gasteiger partial charge is 0.343 e. The van der Waals surface area contributed by atoms with Gasteiger partial charge in [-0.2, -0.15) is 0 Å². The number of benzene rings is 1. The molecule has 9 heteroatoms. The van der Waals surface area contributed by atoms with E-state index in [1.165, 1.54) is 19.2 Å². The average Bonchev–Trinajstić information content (AvgIpc) is 2.83. The normalized spacial score (nSPS) is 11.4. The Bertz CT molecular complexity index is 1000. The van der Waals surface area contributed by atoms with Crippen molar-refractivity contribution in [1.82, 2.24) is 9.29 Å². The summed E-state index contributed by atoms with van der Waals surface area (Å²) in [4.78, 5) is 11.7. The molecule has 1 aromatic heterocycles. The number of sulfonamides is 1. The van der Waals surface area contributed by atoms with Crippen LogP contribution >= 0.6 is 0 Å². The maximum Gasteiger partial charge on any atom is 0.275 e. The molecule has 0 aliphatic carbocycles. The van der Waals surface area contributed by atoms with Gasteiger partial charge in [0.1, 0.15) is 16.4 Å². The first kappa shape index (κ1) is 19.6. The molecule has 0 bridgehead atoms. The molecule has 1 amide bonds. The lowest BCUT2D eigenvalue weighted by molar-refractivity contribution is 0.101. The van der Waals surface area contributed by atoms with Crippen LogP contribution in [0.1, 0.15) is 29.9 Å². The van der Waals surface area contributed by atoms with E-state index in [4.69, 9.17) is 6.42 Å². The lowest BCUT2D eigenvalue weighted by Crippen LogP contribution is -2.30. The smallest absolute Gasteiger partial charge is 0.275 e. The number of carbonyl (C=O) groups is 1. The average molecular weight is 381 g/mol. The van der Waals surface area contributed by atoms with Gasteiger partial charge in [-0.25, -0.2) is 21.9 Å². The lowest BCUT2D eigenvalue weighted by Gasteiger charge is -2.08. The summed E-state index contributed by atoms with van der Waals surface area (Å²) < 4.78 is 55.7. The Labute approximate surface area is 150 Å². The van der Waals surface area contributed by atoms with Gasteiger partial charge in [0, 0.05) is 25.0 Å². The van der Waals surface area contributed by atoms with Crippen molar-refractivity contribution in [3.8, 4) is 12.3 Å². The number of nitrogens with one attached hydrogen (secondary N) is 2. The number of anilines is 1. The number of carbonyl (C=O) groups excluding carboxylic acids is 1. The predicted molar refractivity (Wildman–Crippen MR) is 93.1 cm³/mol. The van der Waals surface area contributed by atoms with Crippen LogP contribution in [-0.4, -0.2) is 24.9 Å². The minimum absolute atomic E-state index is 0.0699. The minimum atomic E-state index is -4.12. The van der Waals surface area contributed by atoms with Crippen molar-refractivity contribution >= 4 is 21.6 Å². The fraction of sp³-hybridized carbons (Fsp3) is 0.235. The number of hydrogen-bond acceptors (Lipinski definition) is 3. The van der Waals surface area contributed by atoms with E-state index in [0.29, 0.717) is 0 Å². The summed E-state index contributed by atoms with van der Waals surface area (Å²) in [5.41, 5.74) is -0.407. The minimum Gasteiger partial charge on any atom is -0.343 e. The Hall–Kier alpha value is -2.70. The first-order valence-corrected chi connectivity index (χ1v) is 8.99. The Kier molecular flexibility index (Phi) is 5.49. The van der Waals surface area contributed by atoms with Gasteiger partial charge in [-0.05, 0) is 32.0 Å². The fourth-order valence-electron chi connectivity index (χ4n) is 2.29. The van der Waals surface area contributed by atoms with E-state index in [9.17, 15) is 22.0 Å². The van der Waals surface area contributed by atoms with Crippen LogP contribution in [0.5, 0.6) is 0 Å². The number of nitrogens with zero attached hydrogens (tertiary/aromatic N) is 1. The van der Waals surface area contributed by atoms with Gasteiger partial charge >= 0.3 is 0 Å². The van der Waals surface area contributed by atoms with Crippen LogP contribution in [-0.2, 0) is 17.1 Å². The molecule has 0 unspecified atom stereocenters. The molecule has 0 aliphatic heterocycles. The number of aryl methyl sites for hydroxylation is 1. The van der Waals surface area contributed by atoms with Crippen molar-refractivity contribution in [2.24, 2.45) is 7.05 Å². The molecule has 0 spiro atoms. The lowest BCUT2D eigenvalue weighted by atomic mass is 10.2. The molecule has 0 fully saturated rings. The van der Waals surface area contributed by atoms with Crippen LogP contribution in [0.2, 0.25) is 0 Å². The van der Waals surface area contributed by atoms with E-state index in [0.717, 1.165) is 16.8 Å². The highest BCUT2D eigenvalue weighted by atomic mass is 32.2. The summed E-state index contributed by atoms with van der Waals surface area (Å²) >= 11 is 0. The van der Waals surface area contributed by atoms with Gasteiger partial charge in [-0.15, -0.1) is 6.42 Å². The summed E-state index contributed by atoms with van der Waals surface area (Å²) in [6.07, 6.45) is 6.17. The zero-order valence-corrected chi connectivity index (χ0v) is 15.1. The van der Waals surface area contributed by atoms with Crippen molar-refractivity contribution in [2.75, 3.05) is 5.32 Å². The molecule has 1 heterocycles. The zero-order valence-electron chi connectivity index (χ0n) is 14.3. The monoisotopic (exact) mass is 381 g/mol. The van der Waals surface area contributed by atoms with Crippen molar-refractivity contribution < 1.29 is 22.0 Å². The second-order valence-electron chi connectivity index (χ2n) is 5.84. The second kappa shape index (κ2) is 7.27. The van der Waals surface area contributed by atoms with Crippen LogP contribution < -0.4 is 10.0 Å². The Morgan fingerprint density at radius 1 is 1.31 bits per heavy atom. The number of halogens is 2. The molecule has 26 heavy (non-hydrogen) atoms. The maximum absolute atomic E-state index is 14.6. The van der Waals surface area contributed by atoms with Gasteiger partial charge in [0.05, 0.1) is 5.56 Å². The molecule has 2 aromatic rings. The molecule has 2 N–H and O–H groups in total. The molecule has 0 aliphatic rings. The van der Waals surface area contributed by atoms with Gasteiger partial charge in [0.15, 0.2) is 5.82 Å². The molecule has 0 radical (unpaired) electrons. The molecular formula is C17H17F2N3O3S. The van der Waals surface area contributed by atoms with Crippen LogP contribution in [0, 0.1) is 24.0 Å². The van der Waals surface area contributed by atoms with E-state index >= 15 is 0 Å². The van der Waals surface area contributed by atoms with Gasteiger partial charge in [-0.1, -0.05) is 5.92 Å². The quantitative estimate of drug-likeness (QED) is 0.780.